The first kappa shape index (κ1) is 12.9. The van der Waals surface area contributed by atoms with Crippen molar-refractivity contribution in [1.29, 1.82) is 0 Å². The topological polar surface area (TPSA) is 55.8 Å². The van der Waals surface area contributed by atoms with Gasteiger partial charge in [-0.25, -0.2) is 4.79 Å². The van der Waals surface area contributed by atoms with Crippen LogP contribution in [0.5, 0.6) is 11.5 Å². The molecule has 0 spiro atoms. The minimum atomic E-state index is -0.985. The molecule has 1 aromatic carbocycles. The van der Waals surface area contributed by atoms with Crippen molar-refractivity contribution in [2.45, 2.75) is 0 Å². The second-order valence-electron chi connectivity index (χ2n) is 2.37. The van der Waals surface area contributed by atoms with Crippen LogP contribution in [0.4, 0.5) is 0 Å². The Balaban J connectivity index is 0. The monoisotopic (exact) mass is 190 g/mol. The van der Waals surface area contributed by atoms with Gasteiger partial charge in [0.1, 0.15) is 0 Å². The summed E-state index contributed by atoms with van der Waals surface area (Å²) < 4.78 is 9.89. The number of rotatable bonds is 3. The van der Waals surface area contributed by atoms with Gasteiger partial charge in [-0.2, -0.15) is 0 Å². The van der Waals surface area contributed by atoms with Crippen LogP contribution in [0.2, 0.25) is 0 Å². The van der Waals surface area contributed by atoms with Crippen molar-refractivity contribution in [2.75, 3.05) is 14.2 Å². The van der Waals surface area contributed by atoms with Crippen molar-refractivity contribution >= 4 is 5.97 Å². The zero-order chi connectivity index (χ0) is 9.84. The second-order valence-corrected chi connectivity index (χ2v) is 2.37. The standard InChI is InChI=1S/C9H10O4.Li.H/c1-12-7-4-3-6(9(10)11)5-8(7)13-2;;/h3-5H,1-2H3,(H,10,11);;/q;+1;-1. The smallest absolute Gasteiger partial charge is 1.00 e. The fourth-order valence-corrected chi connectivity index (χ4v) is 0.969. The van der Waals surface area contributed by atoms with Crippen molar-refractivity contribution in [1.82, 2.24) is 0 Å². The van der Waals surface area contributed by atoms with Gasteiger partial charge in [0, 0.05) is 0 Å². The Morgan fingerprint density at radius 3 is 2.29 bits per heavy atom. The summed E-state index contributed by atoms with van der Waals surface area (Å²) in [6, 6.07) is 4.44. The summed E-state index contributed by atoms with van der Waals surface area (Å²) in [5, 5.41) is 8.67. The molecular formula is C9H11LiO4. The molecule has 5 heteroatoms. The van der Waals surface area contributed by atoms with Crippen molar-refractivity contribution in [3.05, 3.63) is 23.8 Å². The Labute approximate surface area is 95.5 Å². The third-order valence-electron chi connectivity index (χ3n) is 1.63. The van der Waals surface area contributed by atoms with E-state index in [1.54, 1.807) is 6.07 Å². The SMILES string of the molecule is COc1ccc(C(=O)O)cc1OC.[H-].[Li+]. The number of hydrogen-bond donors (Lipinski definition) is 1. The van der Waals surface area contributed by atoms with Gasteiger partial charge in [-0.15, -0.1) is 0 Å². The molecule has 0 aromatic heterocycles. The first-order valence-electron chi connectivity index (χ1n) is 3.64. The zero-order valence-electron chi connectivity index (χ0n) is 9.40. The van der Waals surface area contributed by atoms with Crippen LogP contribution in [0.3, 0.4) is 0 Å². The van der Waals surface area contributed by atoms with Crippen LogP contribution in [-0.4, -0.2) is 25.3 Å². The molecule has 0 aliphatic heterocycles. The molecule has 0 aliphatic rings. The molecule has 1 rings (SSSR count). The van der Waals surface area contributed by atoms with Crippen molar-refractivity contribution in [2.24, 2.45) is 0 Å². The van der Waals surface area contributed by atoms with Gasteiger partial charge in [-0.05, 0) is 18.2 Å². The van der Waals surface area contributed by atoms with E-state index in [-0.39, 0.29) is 25.9 Å². The van der Waals surface area contributed by atoms with Gasteiger partial charge >= 0.3 is 24.8 Å². The van der Waals surface area contributed by atoms with Crippen molar-refractivity contribution in [3.63, 3.8) is 0 Å². The van der Waals surface area contributed by atoms with E-state index < -0.39 is 5.97 Å². The third kappa shape index (κ3) is 2.69. The molecule has 0 saturated heterocycles. The number of methoxy groups -OCH3 is 2. The third-order valence-corrected chi connectivity index (χ3v) is 1.63. The Morgan fingerprint density at radius 2 is 1.86 bits per heavy atom. The molecule has 1 N–H and O–H groups in total. The largest absolute Gasteiger partial charge is 1.00 e. The van der Waals surface area contributed by atoms with Crippen LogP contribution in [0.25, 0.3) is 0 Å². The van der Waals surface area contributed by atoms with Crippen LogP contribution in [0.15, 0.2) is 18.2 Å². The number of carboxylic acids is 1. The van der Waals surface area contributed by atoms with Crippen LogP contribution in [0.1, 0.15) is 11.8 Å². The van der Waals surface area contributed by atoms with Crippen LogP contribution >= 0.6 is 0 Å². The zero-order valence-corrected chi connectivity index (χ0v) is 8.40. The minimum absolute atomic E-state index is 0. The van der Waals surface area contributed by atoms with E-state index in [1.807, 2.05) is 0 Å². The number of aromatic carboxylic acids is 1. The Morgan fingerprint density at radius 1 is 1.29 bits per heavy atom. The summed E-state index contributed by atoms with van der Waals surface area (Å²) in [6.07, 6.45) is 0. The van der Waals surface area contributed by atoms with Crippen LogP contribution < -0.4 is 28.3 Å². The molecule has 0 bridgehead atoms. The molecule has 0 unspecified atom stereocenters. The van der Waals surface area contributed by atoms with Crippen LogP contribution in [0, 0.1) is 0 Å². The van der Waals surface area contributed by atoms with Gasteiger partial charge < -0.3 is 16.0 Å². The molecular weight excluding hydrogens is 179 g/mol. The van der Waals surface area contributed by atoms with Gasteiger partial charge in [-0.1, -0.05) is 0 Å². The Bertz CT molecular complexity index is 330. The summed E-state index contributed by atoms with van der Waals surface area (Å²) in [6.45, 7) is 0. The minimum Gasteiger partial charge on any atom is -1.00 e. The maximum absolute atomic E-state index is 10.6. The Kier molecular flexibility index (Phi) is 5.14. The molecule has 72 valence electrons. The maximum Gasteiger partial charge on any atom is 1.00 e. The quantitative estimate of drug-likeness (QED) is 0.590. The molecule has 0 heterocycles. The van der Waals surface area contributed by atoms with Gasteiger partial charge in [0.05, 0.1) is 19.8 Å². The maximum atomic E-state index is 10.6. The second kappa shape index (κ2) is 5.58. The fraction of sp³-hybridized carbons (Fsp3) is 0.222. The molecule has 0 fully saturated rings. The Hall–Kier alpha value is -1.11. The van der Waals surface area contributed by atoms with Gasteiger partial charge in [0.15, 0.2) is 11.5 Å². The number of benzene rings is 1. The van der Waals surface area contributed by atoms with Gasteiger partial charge in [0.2, 0.25) is 0 Å². The molecule has 0 radical (unpaired) electrons. The van der Waals surface area contributed by atoms with Crippen molar-refractivity contribution in [3.8, 4) is 11.5 Å². The number of carboxylic acid groups (broad SMARTS) is 1. The molecule has 0 saturated carbocycles. The molecule has 0 aliphatic carbocycles. The van der Waals surface area contributed by atoms with Crippen LogP contribution in [-0.2, 0) is 0 Å². The fourth-order valence-electron chi connectivity index (χ4n) is 0.969. The van der Waals surface area contributed by atoms with E-state index in [0.29, 0.717) is 11.5 Å². The summed E-state index contributed by atoms with van der Waals surface area (Å²) in [4.78, 5) is 10.6. The van der Waals surface area contributed by atoms with E-state index in [4.69, 9.17) is 14.6 Å². The predicted molar refractivity (Wildman–Crippen MR) is 47.6 cm³/mol. The summed E-state index contributed by atoms with van der Waals surface area (Å²) >= 11 is 0. The number of carbonyl (C=O) groups is 1. The van der Waals surface area contributed by atoms with E-state index >= 15 is 0 Å². The van der Waals surface area contributed by atoms with Gasteiger partial charge in [-0.3, -0.25) is 0 Å². The van der Waals surface area contributed by atoms with E-state index in [0.717, 1.165) is 0 Å². The molecule has 1 aromatic rings. The molecule has 0 amide bonds. The van der Waals surface area contributed by atoms with Gasteiger partial charge in [0.25, 0.3) is 0 Å². The first-order chi connectivity index (χ1) is 6.19. The molecule has 4 nitrogen and oxygen atoms in total. The summed E-state index contributed by atoms with van der Waals surface area (Å²) in [5.74, 6) is -0.0455. The average Bonchev–Trinajstić information content (AvgIpc) is 2.16. The van der Waals surface area contributed by atoms with E-state index in [1.165, 1.54) is 26.4 Å². The number of ether oxygens (including phenoxy) is 2. The predicted octanol–water partition coefficient (Wildman–Crippen LogP) is -1.48. The summed E-state index contributed by atoms with van der Waals surface area (Å²) in [5.41, 5.74) is 0.178. The first-order valence-corrected chi connectivity index (χ1v) is 3.64. The van der Waals surface area contributed by atoms with E-state index in [2.05, 4.69) is 0 Å². The number of hydrogen-bond acceptors (Lipinski definition) is 3. The van der Waals surface area contributed by atoms with Crippen molar-refractivity contribution < 1.29 is 39.7 Å². The average molecular weight is 190 g/mol. The molecule has 14 heavy (non-hydrogen) atoms. The normalized spacial score (nSPS) is 8.71. The molecule has 0 atom stereocenters. The summed E-state index contributed by atoms with van der Waals surface area (Å²) in [7, 11) is 2.96. The van der Waals surface area contributed by atoms with E-state index in [9.17, 15) is 4.79 Å².